The molecule has 1 aromatic heterocycles. The lowest BCUT2D eigenvalue weighted by molar-refractivity contribution is 0.194. The number of aromatic nitrogens is 2. The molecule has 1 fully saturated rings. The van der Waals surface area contributed by atoms with Gasteiger partial charge >= 0.3 is 0 Å². The molecule has 1 aliphatic rings. The highest BCUT2D eigenvalue weighted by atomic mass is 15.2. The normalized spacial score (nSPS) is 20.2. The summed E-state index contributed by atoms with van der Waals surface area (Å²) in [5, 5.41) is 6.53. The second-order valence-corrected chi connectivity index (χ2v) is 5.04. The van der Waals surface area contributed by atoms with Crippen molar-refractivity contribution in [1.29, 1.82) is 0 Å². The van der Waals surface area contributed by atoms with Gasteiger partial charge in [0.25, 0.3) is 0 Å². The minimum Gasteiger partial charge on any atom is -0.370 e. The Balaban J connectivity index is 1.94. The van der Waals surface area contributed by atoms with E-state index in [1.807, 2.05) is 13.0 Å². The van der Waals surface area contributed by atoms with Crippen LogP contribution in [0, 0.1) is 0 Å². The van der Waals surface area contributed by atoms with E-state index in [4.69, 9.17) is 5.73 Å². The molecule has 1 saturated heterocycles. The van der Waals surface area contributed by atoms with E-state index >= 15 is 0 Å². The predicted octanol–water partition coefficient (Wildman–Crippen LogP) is 1.39. The molecule has 0 bridgehead atoms. The molecular formula is C13H24N6. The van der Waals surface area contributed by atoms with E-state index in [2.05, 4.69) is 32.5 Å². The standard InChI is InChI=1S/C13H24N6/c1-3-15-11-8-12(18-13(14)17-11)16-9-10-6-4-5-7-19(10)2/h8,10H,3-7,9H2,1-2H3,(H4,14,15,16,17,18). The first-order chi connectivity index (χ1) is 9.19. The first kappa shape index (κ1) is 13.9. The van der Waals surface area contributed by atoms with Crippen molar-refractivity contribution in [3.05, 3.63) is 6.07 Å². The van der Waals surface area contributed by atoms with Crippen LogP contribution in [0.1, 0.15) is 26.2 Å². The zero-order valence-corrected chi connectivity index (χ0v) is 11.8. The zero-order valence-electron chi connectivity index (χ0n) is 11.8. The van der Waals surface area contributed by atoms with Crippen LogP contribution in [0.15, 0.2) is 6.07 Å². The second kappa shape index (κ2) is 6.56. The van der Waals surface area contributed by atoms with E-state index in [1.165, 1.54) is 25.8 Å². The average molecular weight is 264 g/mol. The van der Waals surface area contributed by atoms with E-state index in [0.29, 0.717) is 12.0 Å². The van der Waals surface area contributed by atoms with Crippen molar-refractivity contribution < 1.29 is 0 Å². The predicted molar refractivity (Wildman–Crippen MR) is 79.4 cm³/mol. The maximum atomic E-state index is 5.71. The number of hydrogen-bond acceptors (Lipinski definition) is 6. The van der Waals surface area contributed by atoms with E-state index in [1.54, 1.807) is 0 Å². The largest absolute Gasteiger partial charge is 0.370 e. The number of anilines is 3. The van der Waals surface area contributed by atoms with Gasteiger partial charge in [-0.3, -0.25) is 0 Å². The maximum Gasteiger partial charge on any atom is 0.223 e. The molecule has 0 saturated carbocycles. The molecule has 6 heteroatoms. The molecule has 0 radical (unpaired) electrons. The number of likely N-dealkylation sites (N-methyl/N-ethyl adjacent to an activating group) is 1. The molecule has 0 amide bonds. The molecule has 1 aliphatic heterocycles. The van der Waals surface area contributed by atoms with Gasteiger partial charge in [0.1, 0.15) is 11.6 Å². The van der Waals surface area contributed by atoms with Gasteiger partial charge in [-0.2, -0.15) is 9.97 Å². The molecule has 1 aromatic rings. The molecule has 0 aromatic carbocycles. The van der Waals surface area contributed by atoms with Gasteiger partial charge in [-0.15, -0.1) is 0 Å². The fraction of sp³-hybridized carbons (Fsp3) is 0.692. The van der Waals surface area contributed by atoms with Crippen molar-refractivity contribution in [2.45, 2.75) is 32.2 Å². The van der Waals surface area contributed by atoms with Crippen LogP contribution >= 0.6 is 0 Å². The monoisotopic (exact) mass is 264 g/mol. The molecule has 106 valence electrons. The summed E-state index contributed by atoms with van der Waals surface area (Å²) in [6, 6.07) is 2.48. The Morgan fingerprint density at radius 1 is 1.32 bits per heavy atom. The lowest BCUT2D eigenvalue weighted by atomic mass is 10.0. The van der Waals surface area contributed by atoms with Gasteiger partial charge in [-0.25, -0.2) is 0 Å². The van der Waals surface area contributed by atoms with Gasteiger partial charge in [0.05, 0.1) is 0 Å². The van der Waals surface area contributed by atoms with Gasteiger partial charge in [0, 0.05) is 25.2 Å². The third kappa shape index (κ3) is 3.96. The van der Waals surface area contributed by atoms with Crippen LogP contribution in [0.4, 0.5) is 17.6 Å². The fourth-order valence-corrected chi connectivity index (χ4v) is 2.45. The number of likely N-dealkylation sites (tertiary alicyclic amines) is 1. The zero-order chi connectivity index (χ0) is 13.7. The Morgan fingerprint density at radius 2 is 2.05 bits per heavy atom. The van der Waals surface area contributed by atoms with Crippen LogP contribution in [-0.2, 0) is 0 Å². The summed E-state index contributed by atoms with van der Waals surface area (Å²) in [5.41, 5.74) is 5.71. The quantitative estimate of drug-likeness (QED) is 0.746. The Hall–Kier alpha value is -1.56. The first-order valence-corrected chi connectivity index (χ1v) is 7.01. The van der Waals surface area contributed by atoms with Crippen LogP contribution in [-0.4, -0.2) is 47.6 Å². The van der Waals surface area contributed by atoms with Crippen LogP contribution < -0.4 is 16.4 Å². The first-order valence-electron chi connectivity index (χ1n) is 7.01. The molecule has 19 heavy (non-hydrogen) atoms. The van der Waals surface area contributed by atoms with Gasteiger partial charge in [0.15, 0.2) is 0 Å². The minimum atomic E-state index is 0.304. The fourth-order valence-electron chi connectivity index (χ4n) is 2.45. The molecule has 2 heterocycles. The van der Waals surface area contributed by atoms with E-state index in [-0.39, 0.29) is 0 Å². The van der Waals surface area contributed by atoms with Crippen LogP contribution in [0.25, 0.3) is 0 Å². The Morgan fingerprint density at radius 3 is 2.74 bits per heavy atom. The summed E-state index contributed by atoms with van der Waals surface area (Å²) in [6.07, 6.45) is 3.85. The van der Waals surface area contributed by atoms with E-state index < -0.39 is 0 Å². The van der Waals surface area contributed by atoms with Crippen LogP contribution in [0.3, 0.4) is 0 Å². The Labute approximate surface area is 114 Å². The third-order valence-corrected chi connectivity index (χ3v) is 3.54. The summed E-state index contributed by atoms with van der Waals surface area (Å²) >= 11 is 0. The lowest BCUT2D eigenvalue weighted by Crippen LogP contribution is -2.40. The molecule has 6 nitrogen and oxygen atoms in total. The molecule has 2 rings (SSSR count). The number of nitrogens with two attached hydrogens (primary N) is 1. The minimum absolute atomic E-state index is 0.304. The summed E-state index contributed by atoms with van der Waals surface area (Å²) in [5.74, 6) is 1.87. The smallest absolute Gasteiger partial charge is 0.223 e. The SMILES string of the molecule is CCNc1cc(NCC2CCCCN2C)nc(N)n1. The third-order valence-electron chi connectivity index (χ3n) is 3.54. The number of rotatable bonds is 5. The van der Waals surface area contributed by atoms with Gasteiger partial charge in [-0.05, 0) is 33.4 Å². The second-order valence-electron chi connectivity index (χ2n) is 5.04. The summed E-state index contributed by atoms with van der Waals surface area (Å²) < 4.78 is 0. The van der Waals surface area contributed by atoms with E-state index in [9.17, 15) is 0 Å². The summed E-state index contributed by atoms with van der Waals surface area (Å²) in [6.45, 7) is 4.93. The molecule has 0 aliphatic carbocycles. The van der Waals surface area contributed by atoms with Crippen LogP contribution in [0.2, 0.25) is 0 Å². The van der Waals surface area contributed by atoms with Crippen LogP contribution in [0.5, 0.6) is 0 Å². The van der Waals surface area contributed by atoms with Crippen molar-refractivity contribution >= 4 is 17.6 Å². The number of hydrogen-bond donors (Lipinski definition) is 3. The highest BCUT2D eigenvalue weighted by Crippen LogP contribution is 2.17. The summed E-state index contributed by atoms with van der Waals surface area (Å²) in [7, 11) is 2.18. The van der Waals surface area contributed by atoms with E-state index in [0.717, 1.165) is 24.7 Å². The van der Waals surface area contributed by atoms with Crippen molar-refractivity contribution in [2.24, 2.45) is 0 Å². The number of nitrogen functional groups attached to an aromatic ring is 1. The van der Waals surface area contributed by atoms with Gasteiger partial charge in [-0.1, -0.05) is 6.42 Å². The highest BCUT2D eigenvalue weighted by molar-refractivity contribution is 5.51. The molecular weight excluding hydrogens is 240 g/mol. The Kier molecular flexibility index (Phi) is 4.79. The summed E-state index contributed by atoms with van der Waals surface area (Å²) in [4.78, 5) is 10.8. The van der Waals surface area contributed by atoms with Crippen molar-refractivity contribution in [3.8, 4) is 0 Å². The molecule has 4 N–H and O–H groups in total. The lowest BCUT2D eigenvalue weighted by Gasteiger charge is -2.32. The molecule has 0 spiro atoms. The Bertz CT molecular complexity index is 408. The molecule has 1 atom stereocenters. The number of nitrogens with one attached hydrogen (secondary N) is 2. The van der Waals surface area contributed by atoms with Crippen molar-refractivity contribution in [1.82, 2.24) is 14.9 Å². The molecule has 1 unspecified atom stereocenters. The average Bonchev–Trinajstić information content (AvgIpc) is 2.37. The van der Waals surface area contributed by atoms with Gasteiger partial charge < -0.3 is 21.3 Å². The maximum absolute atomic E-state index is 5.71. The van der Waals surface area contributed by atoms with Crippen molar-refractivity contribution in [3.63, 3.8) is 0 Å². The number of nitrogens with zero attached hydrogens (tertiary/aromatic N) is 3. The topological polar surface area (TPSA) is 79.1 Å². The number of piperidine rings is 1. The van der Waals surface area contributed by atoms with Crippen molar-refractivity contribution in [2.75, 3.05) is 43.0 Å². The highest BCUT2D eigenvalue weighted by Gasteiger charge is 2.18. The van der Waals surface area contributed by atoms with Gasteiger partial charge in [0.2, 0.25) is 5.95 Å².